The SMILES string of the molecule is CCOC(=O)C(CC=C(C)C)c1ccc(F)cc1C(C)C. The molecule has 0 saturated carbocycles. The van der Waals surface area contributed by atoms with Gasteiger partial charge in [0.15, 0.2) is 0 Å². The number of carbonyl (C=O) groups excluding carboxylic acids is 1. The van der Waals surface area contributed by atoms with Crippen molar-refractivity contribution in [2.24, 2.45) is 0 Å². The van der Waals surface area contributed by atoms with Crippen molar-refractivity contribution in [1.29, 1.82) is 0 Å². The number of ether oxygens (including phenoxy) is 1. The summed E-state index contributed by atoms with van der Waals surface area (Å²) in [5, 5.41) is 0. The number of rotatable bonds is 6. The zero-order valence-corrected chi connectivity index (χ0v) is 13.6. The molecule has 0 radical (unpaired) electrons. The van der Waals surface area contributed by atoms with Crippen LogP contribution in [-0.2, 0) is 9.53 Å². The average Bonchev–Trinajstić information content (AvgIpc) is 2.40. The largest absolute Gasteiger partial charge is 0.466 e. The quantitative estimate of drug-likeness (QED) is 0.547. The third kappa shape index (κ3) is 5.00. The van der Waals surface area contributed by atoms with Gasteiger partial charge in [0.1, 0.15) is 5.82 Å². The molecular weight excluding hydrogens is 267 g/mol. The first-order valence-electron chi connectivity index (χ1n) is 7.46. The van der Waals surface area contributed by atoms with E-state index in [9.17, 15) is 9.18 Å². The summed E-state index contributed by atoms with van der Waals surface area (Å²) in [4.78, 5) is 12.3. The minimum atomic E-state index is -0.377. The summed E-state index contributed by atoms with van der Waals surface area (Å²) < 4.78 is 18.7. The van der Waals surface area contributed by atoms with E-state index in [1.165, 1.54) is 12.1 Å². The lowest BCUT2D eigenvalue weighted by atomic mass is 9.86. The second kappa shape index (κ2) is 7.96. The van der Waals surface area contributed by atoms with E-state index in [0.29, 0.717) is 13.0 Å². The van der Waals surface area contributed by atoms with Crippen molar-refractivity contribution in [2.75, 3.05) is 6.61 Å². The fourth-order valence-corrected chi connectivity index (χ4v) is 2.31. The third-order valence-electron chi connectivity index (χ3n) is 3.38. The predicted octanol–water partition coefficient (Wildman–Crippen LogP) is 4.95. The minimum Gasteiger partial charge on any atom is -0.466 e. The van der Waals surface area contributed by atoms with Crippen LogP contribution in [0.2, 0.25) is 0 Å². The fourth-order valence-electron chi connectivity index (χ4n) is 2.31. The molecule has 0 aliphatic carbocycles. The Bertz CT molecular complexity index is 514. The Labute approximate surface area is 127 Å². The molecule has 1 rings (SSSR count). The van der Waals surface area contributed by atoms with Crippen molar-refractivity contribution in [1.82, 2.24) is 0 Å². The van der Waals surface area contributed by atoms with Crippen molar-refractivity contribution >= 4 is 5.97 Å². The molecule has 1 unspecified atom stereocenters. The Morgan fingerprint density at radius 2 is 1.95 bits per heavy atom. The minimum absolute atomic E-state index is 0.152. The Morgan fingerprint density at radius 3 is 2.48 bits per heavy atom. The Hall–Kier alpha value is -1.64. The first-order valence-corrected chi connectivity index (χ1v) is 7.46. The molecule has 0 spiro atoms. The van der Waals surface area contributed by atoms with Crippen molar-refractivity contribution in [3.63, 3.8) is 0 Å². The summed E-state index contributed by atoms with van der Waals surface area (Å²) in [7, 11) is 0. The zero-order valence-electron chi connectivity index (χ0n) is 13.6. The van der Waals surface area contributed by atoms with Crippen molar-refractivity contribution < 1.29 is 13.9 Å². The maximum atomic E-state index is 13.5. The predicted molar refractivity (Wildman–Crippen MR) is 83.9 cm³/mol. The van der Waals surface area contributed by atoms with E-state index < -0.39 is 0 Å². The number of carbonyl (C=O) groups is 1. The molecule has 0 aromatic heterocycles. The van der Waals surface area contributed by atoms with Gasteiger partial charge in [-0.05, 0) is 56.4 Å². The van der Waals surface area contributed by atoms with E-state index in [2.05, 4.69) is 0 Å². The number of hydrogen-bond acceptors (Lipinski definition) is 2. The van der Waals surface area contributed by atoms with Gasteiger partial charge < -0.3 is 4.74 Å². The topological polar surface area (TPSA) is 26.3 Å². The maximum Gasteiger partial charge on any atom is 0.313 e. The van der Waals surface area contributed by atoms with Crippen LogP contribution in [0.3, 0.4) is 0 Å². The molecule has 1 aromatic rings. The van der Waals surface area contributed by atoms with Crippen LogP contribution in [0, 0.1) is 5.82 Å². The van der Waals surface area contributed by atoms with Gasteiger partial charge in [-0.1, -0.05) is 31.6 Å². The Balaban J connectivity index is 3.24. The van der Waals surface area contributed by atoms with E-state index in [-0.39, 0.29) is 23.6 Å². The van der Waals surface area contributed by atoms with Crippen LogP contribution in [0.5, 0.6) is 0 Å². The van der Waals surface area contributed by atoms with E-state index >= 15 is 0 Å². The highest BCUT2D eigenvalue weighted by Crippen LogP contribution is 2.31. The van der Waals surface area contributed by atoms with E-state index in [4.69, 9.17) is 4.74 Å². The number of benzene rings is 1. The summed E-state index contributed by atoms with van der Waals surface area (Å²) in [6.45, 7) is 10.1. The van der Waals surface area contributed by atoms with Crippen LogP contribution in [0.1, 0.15) is 64.0 Å². The summed E-state index contributed by atoms with van der Waals surface area (Å²) in [5.41, 5.74) is 2.88. The first kappa shape index (κ1) is 17.4. The average molecular weight is 292 g/mol. The molecule has 1 atom stereocenters. The van der Waals surface area contributed by atoms with Gasteiger partial charge in [0.2, 0.25) is 0 Å². The van der Waals surface area contributed by atoms with Gasteiger partial charge >= 0.3 is 5.97 Å². The molecule has 2 nitrogen and oxygen atoms in total. The van der Waals surface area contributed by atoms with Crippen LogP contribution in [0.25, 0.3) is 0 Å². The van der Waals surface area contributed by atoms with Gasteiger partial charge in [0.05, 0.1) is 12.5 Å². The number of esters is 1. The first-order chi connectivity index (χ1) is 9.86. The second-order valence-corrected chi connectivity index (χ2v) is 5.75. The molecule has 3 heteroatoms. The molecule has 116 valence electrons. The fraction of sp³-hybridized carbons (Fsp3) is 0.500. The van der Waals surface area contributed by atoms with Gasteiger partial charge in [0, 0.05) is 0 Å². The van der Waals surface area contributed by atoms with Crippen molar-refractivity contribution in [3.05, 3.63) is 46.8 Å². The number of halogens is 1. The highest BCUT2D eigenvalue weighted by atomic mass is 19.1. The molecular formula is C18H25FO2. The summed E-state index contributed by atoms with van der Waals surface area (Å²) >= 11 is 0. The number of hydrogen-bond donors (Lipinski definition) is 0. The number of allylic oxidation sites excluding steroid dienone is 2. The highest BCUT2D eigenvalue weighted by molar-refractivity contribution is 5.79. The van der Waals surface area contributed by atoms with Crippen LogP contribution < -0.4 is 0 Å². The summed E-state index contributed by atoms with van der Waals surface area (Å²) in [6, 6.07) is 4.65. The Kier molecular flexibility index (Phi) is 6.60. The molecule has 0 fully saturated rings. The van der Waals surface area contributed by atoms with Crippen LogP contribution in [-0.4, -0.2) is 12.6 Å². The monoisotopic (exact) mass is 292 g/mol. The van der Waals surface area contributed by atoms with Gasteiger partial charge in [0.25, 0.3) is 0 Å². The maximum absolute atomic E-state index is 13.5. The molecule has 0 heterocycles. The molecule has 1 aromatic carbocycles. The molecule has 0 aliphatic rings. The van der Waals surface area contributed by atoms with Gasteiger partial charge in [-0.3, -0.25) is 4.79 Å². The molecule has 0 amide bonds. The standard InChI is InChI=1S/C18H25FO2/c1-6-21-18(20)16(9-7-12(2)3)15-10-8-14(19)11-17(15)13(4)5/h7-8,10-11,13,16H,6,9H2,1-5H3. The van der Waals surface area contributed by atoms with Crippen LogP contribution >= 0.6 is 0 Å². The lowest BCUT2D eigenvalue weighted by Gasteiger charge is -2.20. The van der Waals surface area contributed by atoms with Crippen LogP contribution in [0.15, 0.2) is 29.8 Å². The lowest BCUT2D eigenvalue weighted by molar-refractivity contribution is -0.144. The molecule has 0 bridgehead atoms. The van der Waals surface area contributed by atoms with E-state index in [1.807, 2.05) is 33.8 Å². The third-order valence-corrected chi connectivity index (χ3v) is 3.38. The van der Waals surface area contributed by atoms with E-state index in [0.717, 1.165) is 16.7 Å². The van der Waals surface area contributed by atoms with Gasteiger partial charge in [-0.25, -0.2) is 4.39 Å². The smallest absolute Gasteiger partial charge is 0.313 e. The van der Waals surface area contributed by atoms with Gasteiger partial charge in [-0.15, -0.1) is 0 Å². The molecule has 0 aliphatic heterocycles. The highest BCUT2D eigenvalue weighted by Gasteiger charge is 2.24. The molecule has 0 N–H and O–H groups in total. The van der Waals surface area contributed by atoms with Crippen molar-refractivity contribution in [3.8, 4) is 0 Å². The van der Waals surface area contributed by atoms with Crippen molar-refractivity contribution in [2.45, 2.75) is 52.9 Å². The summed E-state index contributed by atoms with van der Waals surface area (Å²) in [5.74, 6) is -0.743. The molecule has 21 heavy (non-hydrogen) atoms. The lowest BCUT2D eigenvalue weighted by Crippen LogP contribution is -2.17. The summed E-state index contributed by atoms with van der Waals surface area (Å²) in [6.07, 6.45) is 2.60. The van der Waals surface area contributed by atoms with Gasteiger partial charge in [-0.2, -0.15) is 0 Å². The molecule has 0 saturated heterocycles. The van der Waals surface area contributed by atoms with E-state index in [1.54, 1.807) is 13.0 Å². The van der Waals surface area contributed by atoms with Crippen LogP contribution in [0.4, 0.5) is 4.39 Å². The zero-order chi connectivity index (χ0) is 16.0. The normalized spacial score (nSPS) is 12.1. The Morgan fingerprint density at radius 1 is 1.29 bits per heavy atom. The second-order valence-electron chi connectivity index (χ2n) is 5.75.